The van der Waals surface area contributed by atoms with Gasteiger partial charge in [0.15, 0.2) is 0 Å². The van der Waals surface area contributed by atoms with Gasteiger partial charge in [0.05, 0.1) is 0 Å². The molecule has 1 heteroatoms. The molecule has 9 rings (SSSR count). The second-order valence-corrected chi connectivity index (χ2v) is 10.5. The average molecular weight is 495 g/mol. The lowest BCUT2D eigenvalue weighted by Crippen LogP contribution is -1.98. The predicted octanol–water partition coefficient (Wildman–Crippen LogP) is 10.8. The third-order valence-corrected chi connectivity index (χ3v) is 8.38. The molecule has 8 aromatic rings. The molecule has 0 radical (unpaired) electrons. The summed E-state index contributed by atoms with van der Waals surface area (Å²) in [4.78, 5) is 0. The van der Waals surface area contributed by atoms with Crippen LogP contribution in [0.1, 0.15) is 0 Å². The minimum absolute atomic E-state index is 0.905. The summed E-state index contributed by atoms with van der Waals surface area (Å²) in [7, 11) is 0. The molecule has 0 unspecified atom stereocenters. The standard InChI is InChI=1S/C38H22O/c1-2-6-23(7-3-1)27-16-19-34-33(21-27)31-11-5-10-28-20-29(22-35(39-34)37(28)31)30-17-14-26-13-12-24-8-4-9-25-15-18-32(30)38(26)36(24)25/h1-22H. The van der Waals surface area contributed by atoms with Crippen LogP contribution in [-0.2, 0) is 0 Å². The summed E-state index contributed by atoms with van der Waals surface area (Å²) in [5.74, 6) is 1.82. The first-order valence-electron chi connectivity index (χ1n) is 13.4. The first-order chi connectivity index (χ1) is 19.3. The monoisotopic (exact) mass is 494 g/mol. The van der Waals surface area contributed by atoms with Gasteiger partial charge in [0, 0.05) is 10.9 Å². The quantitative estimate of drug-likeness (QED) is 0.217. The minimum atomic E-state index is 0.905. The van der Waals surface area contributed by atoms with Crippen molar-refractivity contribution in [3.63, 3.8) is 0 Å². The topological polar surface area (TPSA) is 9.23 Å². The van der Waals surface area contributed by atoms with Gasteiger partial charge in [0.25, 0.3) is 0 Å². The number of ether oxygens (including phenoxy) is 1. The molecule has 0 amide bonds. The van der Waals surface area contributed by atoms with E-state index < -0.39 is 0 Å². The highest BCUT2D eigenvalue weighted by molar-refractivity contribution is 6.25. The molecule has 0 N–H and O–H groups in total. The SMILES string of the molecule is c1ccc(-c2ccc3c(c2)-c2cccc4cc(-c5ccc6ccc7cccc8ccc5c6c78)cc(c24)O3)cc1. The van der Waals surface area contributed by atoms with E-state index in [-0.39, 0.29) is 0 Å². The van der Waals surface area contributed by atoms with Gasteiger partial charge in [-0.25, -0.2) is 0 Å². The Balaban J connectivity index is 1.27. The Labute approximate surface area is 225 Å². The predicted molar refractivity (Wildman–Crippen MR) is 164 cm³/mol. The Morgan fingerprint density at radius 1 is 0.333 bits per heavy atom. The van der Waals surface area contributed by atoms with Crippen LogP contribution in [0.15, 0.2) is 133 Å². The van der Waals surface area contributed by atoms with Crippen molar-refractivity contribution in [2.45, 2.75) is 0 Å². The van der Waals surface area contributed by atoms with E-state index in [1.807, 2.05) is 0 Å². The Kier molecular flexibility index (Phi) is 4.11. The third kappa shape index (κ3) is 2.96. The zero-order chi connectivity index (χ0) is 25.5. The number of benzene rings is 8. The molecule has 0 atom stereocenters. The highest BCUT2D eigenvalue weighted by Gasteiger charge is 2.22. The normalized spacial score (nSPS) is 12.3. The highest BCUT2D eigenvalue weighted by Crippen LogP contribution is 2.49. The largest absolute Gasteiger partial charge is 0.456 e. The van der Waals surface area contributed by atoms with Crippen LogP contribution >= 0.6 is 0 Å². The van der Waals surface area contributed by atoms with Crippen molar-refractivity contribution in [1.82, 2.24) is 0 Å². The fourth-order valence-corrected chi connectivity index (χ4v) is 6.59. The maximum atomic E-state index is 6.63. The lowest BCUT2D eigenvalue weighted by atomic mass is 9.87. The summed E-state index contributed by atoms with van der Waals surface area (Å²) in [6.07, 6.45) is 0. The Morgan fingerprint density at radius 2 is 1.08 bits per heavy atom. The maximum Gasteiger partial charge on any atom is 0.136 e. The van der Waals surface area contributed by atoms with Gasteiger partial charge < -0.3 is 4.74 Å². The molecule has 180 valence electrons. The summed E-state index contributed by atoms with van der Waals surface area (Å²) in [6, 6.07) is 48.3. The Bertz CT molecular complexity index is 2230. The summed E-state index contributed by atoms with van der Waals surface area (Å²) < 4.78 is 6.63. The van der Waals surface area contributed by atoms with Crippen molar-refractivity contribution in [3.05, 3.63) is 133 Å². The van der Waals surface area contributed by atoms with Crippen LogP contribution in [0.3, 0.4) is 0 Å². The molecule has 0 spiro atoms. The van der Waals surface area contributed by atoms with Gasteiger partial charge in [-0.15, -0.1) is 0 Å². The smallest absolute Gasteiger partial charge is 0.136 e. The fraction of sp³-hybridized carbons (Fsp3) is 0. The van der Waals surface area contributed by atoms with Gasteiger partial charge in [-0.2, -0.15) is 0 Å². The van der Waals surface area contributed by atoms with E-state index in [0.717, 1.165) is 17.1 Å². The summed E-state index contributed by atoms with van der Waals surface area (Å²) >= 11 is 0. The minimum Gasteiger partial charge on any atom is -0.456 e. The van der Waals surface area contributed by atoms with E-state index in [9.17, 15) is 0 Å². The van der Waals surface area contributed by atoms with Crippen LogP contribution in [0.5, 0.6) is 11.5 Å². The van der Waals surface area contributed by atoms with Crippen LogP contribution < -0.4 is 4.74 Å². The van der Waals surface area contributed by atoms with Crippen molar-refractivity contribution >= 4 is 43.1 Å². The molecule has 1 nitrogen and oxygen atoms in total. The molecular formula is C38H22O. The van der Waals surface area contributed by atoms with Crippen molar-refractivity contribution in [2.75, 3.05) is 0 Å². The molecule has 0 saturated carbocycles. The van der Waals surface area contributed by atoms with Gasteiger partial charge in [0.2, 0.25) is 0 Å². The summed E-state index contributed by atoms with van der Waals surface area (Å²) in [5, 5.41) is 10.2. The van der Waals surface area contributed by atoms with Gasteiger partial charge in [-0.1, -0.05) is 109 Å². The van der Waals surface area contributed by atoms with E-state index in [2.05, 4.69) is 133 Å². The molecule has 0 fully saturated rings. The first kappa shape index (κ1) is 20.9. The maximum absolute atomic E-state index is 6.63. The second-order valence-electron chi connectivity index (χ2n) is 10.5. The highest BCUT2D eigenvalue weighted by atomic mass is 16.5. The molecule has 0 saturated heterocycles. The second kappa shape index (κ2) is 7.69. The Hall–Kier alpha value is -5.14. The van der Waals surface area contributed by atoms with E-state index in [1.54, 1.807) is 0 Å². The number of fused-ring (bicyclic) bond motifs is 2. The molecule has 1 aliphatic heterocycles. The molecular weight excluding hydrogens is 472 g/mol. The van der Waals surface area contributed by atoms with E-state index >= 15 is 0 Å². The number of hydrogen-bond acceptors (Lipinski definition) is 1. The van der Waals surface area contributed by atoms with Crippen LogP contribution in [0.25, 0.3) is 76.5 Å². The number of rotatable bonds is 2. The molecule has 39 heavy (non-hydrogen) atoms. The molecule has 1 heterocycles. The molecule has 0 aromatic heterocycles. The molecule has 0 bridgehead atoms. The molecule has 0 aliphatic carbocycles. The zero-order valence-corrected chi connectivity index (χ0v) is 21.1. The van der Waals surface area contributed by atoms with Crippen molar-refractivity contribution in [3.8, 4) is 44.9 Å². The van der Waals surface area contributed by atoms with Crippen LogP contribution in [-0.4, -0.2) is 0 Å². The van der Waals surface area contributed by atoms with Crippen molar-refractivity contribution < 1.29 is 4.74 Å². The fourth-order valence-electron chi connectivity index (χ4n) is 6.59. The van der Waals surface area contributed by atoms with Gasteiger partial charge in [-0.05, 0) is 89.8 Å². The van der Waals surface area contributed by atoms with Crippen LogP contribution in [0.2, 0.25) is 0 Å². The lowest BCUT2D eigenvalue weighted by molar-refractivity contribution is 0.487. The van der Waals surface area contributed by atoms with E-state index in [0.29, 0.717) is 0 Å². The van der Waals surface area contributed by atoms with Crippen LogP contribution in [0.4, 0.5) is 0 Å². The summed E-state index contributed by atoms with van der Waals surface area (Å²) in [6.45, 7) is 0. The van der Waals surface area contributed by atoms with Crippen molar-refractivity contribution in [1.29, 1.82) is 0 Å². The number of hydrogen-bond donors (Lipinski definition) is 0. The third-order valence-electron chi connectivity index (χ3n) is 8.38. The van der Waals surface area contributed by atoms with Gasteiger partial charge >= 0.3 is 0 Å². The van der Waals surface area contributed by atoms with Crippen LogP contribution in [0, 0.1) is 0 Å². The molecule has 1 aliphatic rings. The molecule has 8 aromatic carbocycles. The average Bonchev–Trinajstić information content (AvgIpc) is 3.00. The van der Waals surface area contributed by atoms with E-state index in [4.69, 9.17) is 4.74 Å². The Morgan fingerprint density at radius 3 is 1.95 bits per heavy atom. The lowest BCUT2D eigenvalue weighted by Gasteiger charge is -2.23. The van der Waals surface area contributed by atoms with Gasteiger partial charge in [0.1, 0.15) is 11.5 Å². The first-order valence-corrected chi connectivity index (χ1v) is 13.4. The van der Waals surface area contributed by atoms with Gasteiger partial charge in [-0.3, -0.25) is 0 Å². The van der Waals surface area contributed by atoms with E-state index in [1.165, 1.54) is 70.9 Å². The van der Waals surface area contributed by atoms with Crippen molar-refractivity contribution in [2.24, 2.45) is 0 Å². The summed E-state index contributed by atoms with van der Waals surface area (Å²) in [5.41, 5.74) is 7.19. The zero-order valence-electron chi connectivity index (χ0n) is 21.1.